The lowest BCUT2D eigenvalue weighted by atomic mass is 9.93. The molecule has 1 aromatic heterocycles. The molecule has 4 heteroatoms. The second-order valence-corrected chi connectivity index (χ2v) is 8.70. The SMILES string of the molecule is CC(C[N+](C)(C)C1CCCCC1)OC(=O)c1cc2ccccc2s1. The van der Waals surface area contributed by atoms with Gasteiger partial charge >= 0.3 is 5.97 Å². The number of ether oxygens (including phenoxy) is 1. The minimum absolute atomic E-state index is 0.0698. The van der Waals surface area contributed by atoms with Crippen molar-refractivity contribution in [2.75, 3.05) is 20.6 Å². The van der Waals surface area contributed by atoms with E-state index in [4.69, 9.17) is 4.74 Å². The lowest BCUT2D eigenvalue weighted by Gasteiger charge is -2.41. The average Bonchev–Trinajstić information content (AvgIpc) is 2.99. The molecule has 1 heterocycles. The smallest absolute Gasteiger partial charge is 0.348 e. The first-order valence-electron chi connectivity index (χ1n) is 8.98. The van der Waals surface area contributed by atoms with Crippen LogP contribution in [0.1, 0.15) is 48.7 Å². The van der Waals surface area contributed by atoms with Crippen molar-refractivity contribution in [1.82, 2.24) is 0 Å². The number of fused-ring (bicyclic) bond motifs is 1. The molecule has 1 aliphatic rings. The highest BCUT2D eigenvalue weighted by Gasteiger charge is 2.32. The molecule has 0 N–H and O–H groups in total. The molecule has 1 unspecified atom stereocenters. The van der Waals surface area contributed by atoms with Crippen molar-refractivity contribution in [3.05, 3.63) is 35.2 Å². The molecule has 0 aliphatic heterocycles. The number of hydrogen-bond acceptors (Lipinski definition) is 3. The standard InChI is InChI=1S/C20H28NO2S/c1-15(14-21(2,3)17-10-5-4-6-11-17)23-20(22)19-13-16-9-7-8-12-18(16)24-19/h7-9,12-13,15,17H,4-6,10-11,14H2,1-3H3/q+1. The highest BCUT2D eigenvalue weighted by Crippen LogP contribution is 2.28. The summed E-state index contributed by atoms with van der Waals surface area (Å²) in [5.41, 5.74) is 0. The van der Waals surface area contributed by atoms with Crippen LogP contribution in [0.3, 0.4) is 0 Å². The molecule has 0 spiro atoms. The van der Waals surface area contributed by atoms with Crippen molar-refractivity contribution in [1.29, 1.82) is 0 Å². The summed E-state index contributed by atoms with van der Waals surface area (Å²) in [6, 6.07) is 10.7. The Morgan fingerprint density at radius 2 is 1.96 bits per heavy atom. The molecule has 3 nitrogen and oxygen atoms in total. The van der Waals surface area contributed by atoms with Gasteiger partial charge in [0.25, 0.3) is 0 Å². The molecule has 130 valence electrons. The summed E-state index contributed by atoms with van der Waals surface area (Å²) in [6.45, 7) is 2.90. The van der Waals surface area contributed by atoms with Gasteiger partial charge in [0.2, 0.25) is 0 Å². The van der Waals surface area contributed by atoms with Gasteiger partial charge in [0, 0.05) is 4.70 Å². The predicted molar refractivity (Wildman–Crippen MR) is 101 cm³/mol. The quantitative estimate of drug-likeness (QED) is 0.571. The topological polar surface area (TPSA) is 26.3 Å². The van der Waals surface area contributed by atoms with Crippen molar-refractivity contribution < 1.29 is 14.0 Å². The zero-order chi connectivity index (χ0) is 17.2. The normalized spacial score (nSPS) is 17.8. The zero-order valence-corrected chi connectivity index (χ0v) is 15.8. The largest absolute Gasteiger partial charge is 0.452 e. The number of nitrogens with zero attached hydrogens (tertiary/aromatic N) is 1. The fourth-order valence-electron chi connectivity index (χ4n) is 3.95. The van der Waals surface area contributed by atoms with Gasteiger partial charge in [0.1, 0.15) is 17.5 Å². The summed E-state index contributed by atoms with van der Waals surface area (Å²) in [5, 5.41) is 1.11. The fourth-order valence-corrected chi connectivity index (χ4v) is 4.90. The van der Waals surface area contributed by atoms with Crippen LogP contribution in [0.15, 0.2) is 30.3 Å². The molecule has 1 saturated carbocycles. The van der Waals surface area contributed by atoms with Crippen LogP contribution in [0.25, 0.3) is 10.1 Å². The van der Waals surface area contributed by atoms with E-state index in [0.29, 0.717) is 10.9 Å². The first kappa shape index (κ1) is 17.4. The van der Waals surface area contributed by atoms with Crippen molar-refractivity contribution >= 4 is 27.4 Å². The van der Waals surface area contributed by atoms with Gasteiger partial charge in [0.15, 0.2) is 0 Å². The highest BCUT2D eigenvalue weighted by molar-refractivity contribution is 7.20. The number of thiophene rings is 1. The van der Waals surface area contributed by atoms with Crippen LogP contribution in [0.5, 0.6) is 0 Å². The van der Waals surface area contributed by atoms with Gasteiger partial charge in [0.05, 0.1) is 20.1 Å². The minimum Gasteiger partial charge on any atom is -0.452 e. The molecule has 1 aromatic carbocycles. The van der Waals surface area contributed by atoms with E-state index < -0.39 is 0 Å². The summed E-state index contributed by atoms with van der Waals surface area (Å²) in [7, 11) is 4.56. The minimum atomic E-state index is -0.188. The Bertz CT molecular complexity index is 667. The molecule has 1 fully saturated rings. The van der Waals surface area contributed by atoms with Crippen molar-refractivity contribution in [2.45, 2.75) is 51.2 Å². The van der Waals surface area contributed by atoms with E-state index in [1.807, 2.05) is 37.3 Å². The second-order valence-electron chi connectivity index (χ2n) is 7.62. The number of likely N-dealkylation sites (N-methyl/N-ethyl adjacent to an activating group) is 1. The Morgan fingerprint density at radius 3 is 2.67 bits per heavy atom. The molecule has 24 heavy (non-hydrogen) atoms. The van der Waals surface area contributed by atoms with Gasteiger partial charge < -0.3 is 9.22 Å². The van der Waals surface area contributed by atoms with Gasteiger partial charge in [-0.1, -0.05) is 24.6 Å². The monoisotopic (exact) mass is 346 g/mol. The van der Waals surface area contributed by atoms with Crippen LogP contribution in [0.2, 0.25) is 0 Å². The van der Waals surface area contributed by atoms with Crippen LogP contribution in [-0.4, -0.2) is 43.2 Å². The first-order chi connectivity index (χ1) is 11.5. The average molecular weight is 347 g/mol. The van der Waals surface area contributed by atoms with E-state index in [1.54, 1.807) is 0 Å². The Hall–Kier alpha value is -1.39. The Balaban J connectivity index is 1.61. The Labute approximate surface area is 148 Å². The molecule has 0 saturated heterocycles. The molecule has 0 amide bonds. The number of carbonyl (C=O) groups excluding carboxylic acids is 1. The second kappa shape index (κ2) is 7.24. The molecule has 3 rings (SSSR count). The molecule has 1 atom stereocenters. The Kier molecular flexibility index (Phi) is 5.26. The fraction of sp³-hybridized carbons (Fsp3) is 0.550. The maximum Gasteiger partial charge on any atom is 0.348 e. The van der Waals surface area contributed by atoms with Gasteiger partial charge in [-0.15, -0.1) is 11.3 Å². The summed E-state index contributed by atoms with van der Waals surface area (Å²) in [6.07, 6.45) is 6.56. The molecular formula is C20H28NO2S+. The summed E-state index contributed by atoms with van der Waals surface area (Å²) >= 11 is 1.51. The third-order valence-electron chi connectivity index (χ3n) is 5.23. The number of carbonyl (C=O) groups is 1. The van der Waals surface area contributed by atoms with Gasteiger partial charge in [-0.3, -0.25) is 0 Å². The van der Waals surface area contributed by atoms with Crippen LogP contribution < -0.4 is 0 Å². The van der Waals surface area contributed by atoms with Crippen LogP contribution >= 0.6 is 11.3 Å². The lowest BCUT2D eigenvalue weighted by molar-refractivity contribution is -0.918. The van der Waals surface area contributed by atoms with Crippen LogP contribution in [0.4, 0.5) is 0 Å². The van der Waals surface area contributed by atoms with Crippen molar-refractivity contribution in [2.24, 2.45) is 0 Å². The third kappa shape index (κ3) is 3.98. The molecule has 1 aliphatic carbocycles. The van der Waals surface area contributed by atoms with Crippen LogP contribution in [-0.2, 0) is 4.74 Å². The van der Waals surface area contributed by atoms with Gasteiger partial charge in [-0.05, 0) is 50.1 Å². The maximum absolute atomic E-state index is 12.5. The summed E-state index contributed by atoms with van der Waals surface area (Å²) in [5.74, 6) is -0.188. The maximum atomic E-state index is 12.5. The number of esters is 1. The van der Waals surface area contributed by atoms with E-state index in [2.05, 4.69) is 14.1 Å². The third-order valence-corrected chi connectivity index (χ3v) is 6.32. The summed E-state index contributed by atoms with van der Waals surface area (Å²) in [4.78, 5) is 13.2. The number of hydrogen-bond donors (Lipinski definition) is 0. The van der Waals surface area contributed by atoms with Crippen molar-refractivity contribution in [3.8, 4) is 0 Å². The lowest BCUT2D eigenvalue weighted by Crippen LogP contribution is -2.53. The van der Waals surface area contributed by atoms with Crippen molar-refractivity contribution in [3.63, 3.8) is 0 Å². The van der Waals surface area contributed by atoms with Gasteiger partial charge in [-0.2, -0.15) is 0 Å². The number of quaternary nitrogens is 1. The number of benzene rings is 1. The van der Waals surface area contributed by atoms with Crippen LogP contribution in [0, 0.1) is 0 Å². The number of rotatable bonds is 5. The highest BCUT2D eigenvalue weighted by atomic mass is 32.1. The molecule has 2 aromatic rings. The molecular weight excluding hydrogens is 318 g/mol. The first-order valence-corrected chi connectivity index (χ1v) is 9.79. The van der Waals surface area contributed by atoms with Gasteiger partial charge in [-0.25, -0.2) is 4.79 Å². The van der Waals surface area contributed by atoms with E-state index in [0.717, 1.165) is 21.1 Å². The molecule has 0 bridgehead atoms. The summed E-state index contributed by atoms with van der Waals surface area (Å²) < 4.78 is 7.83. The predicted octanol–water partition coefficient (Wildman–Crippen LogP) is 4.86. The zero-order valence-electron chi connectivity index (χ0n) is 15.0. The van der Waals surface area contributed by atoms with E-state index in [-0.39, 0.29) is 12.1 Å². The van der Waals surface area contributed by atoms with E-state index >= 15 is 0 Å². The molecule has 0 radical (unpaired) electrons. The Morgan fingerprint density at radius 1 is 1.25 bits per heavy atom. The van der Waals surface area contributed by atoms with E-state index in [9.17, 15) is 4.79 Å². The van der Waals surface area contributed by atoms with E-state index in [1.165, 1.54) is 43.4 Å².